The van der Waals surface area contributed by atoms with Crippen LogP contribution in [0.3, 0.4) is 0 Å². The number of imidazole rings is 1. The molecule has 1 aliphatic rings. The number of hydrogen-bond acceptors (Lipinski definition) is 4. The van der Waals surface area contributed by atoms with E-state index in [1.165, 1.54) is 12.4 Å². The third-order valence-corrected chi connectivity index (χ3v) is 3.68. The summed E-state index contributed by atoms with van der Waals surface area (Å²) in [5.74, 6) is 0.678. The van der Waals surface area contributed by atoms with Crippen molar-refractivity contribution < 1.29 is 4.39 Å². The molecule has 3 heterocycles. The van der Waals surface area contributed by atoms with Gasteiger partial charge in [0.1, 0.15) is 17.7 Å². The molecule has 100 valence electrons. The van der Waals surface area contributed by atoms with Gasteiger partial charge in [-0.2, -0.15) is 0 Å². The molecule has 0 saturated heterocycles. The number of fused-ring (bicyclic) bond motifs is 2. The molecular formula is C14H12FN5. The van der Waals surface area contributed by atoms with Crippen LogP contribution in [0.1, 0.15) is 11.1 Å². The van der Waals surface area contributed by atoms with Gasteiger partial charge >= 0.3 is 0 Å². The van der Waals surface area contributed by atoms with Gasteiger partial charge in [0.2, 0.25) is 0 Å². The second-order valence-corrected chi connectivity index (χ2v) is 4.88. The fraction of sp³-hybridized carbons (Fsp3) is 0.214. The zero-order valence-corrected chi connectivity index (χ0v) is 10.7. The van der Waals surface area contributed by atoms with Crippen LogP contribution < -0.4 is 4.90 Å². The number of halogens is 1. The zero-order valence-electron chi connectivity index (χ0n) is 10.7. The Hall–Kier alpha value is -2.50. The average molecular weight is 269 g/mol. The van der Waals surface area contributed by atoms with Crippen molar-refractivity contribution in [1.29, 1.82) is 0 Å². The summed E-state index contributed by atoms with van der Waals surface area (Å²) in [7, 11) is 0. The SMILES string of the molecule is Fc1ccc2c(c1)CCN(c1ncnc3nc[nH]c13)C2. The number of benzene rings is 1. The van der Waals surface area contributed by atoms with Crippen LogP contribution in [0.25, 0.3) is 11.2 Å². The molecule has 1 aliphatic heterocycles. The molecule has 1 aromatic carbocycles. The molecule has 0 unspecified atom stereocenters. The number of H-pyrrole nitrogens is 1. The third kappa shape index (κ3) is 1.72. The Morgan fingerprint density at radius 1 is 1.15 bits per heavy atom. The van der Waals surface area contributed by atoms with Gasteiger partial charge in [-0.1, -0.05) is 6.07 Å². The first-order chi connectivity index (χ1) is 9.81. The van der Waals surface area contributed by atoms with E-state index in [-0.39, 0.29) is 5.82 Å². The van der Waals surface area contributed by atoms with E-state index in [0.29, 0.717) is 5.65 Å². The van der Waals surface area contributed by atoms with Gasteiger partial charge in [0, 0.05) is 13.1 Å². The van der Waals surface area contributed by atoms with E-state index in [0.717, 1.165) is 42.0 Å². The number of aromatic nitrogens is 4. The van der Waals surface area contributed by atoms with Gasteiger partial charge < -0.3 is 9.88 Å². The van der Waals surface area contributed by atoms with Gasteiger partial charge in [-0.3, -0.25) is 0 Å². The second-order valence-electron chi connectivity index (χ2n) is 4.88. The highest BCUT2D eigenvalue weighted by Crippen LogP contribution is 2.26. The number of nitrogens with one attached hydrogen (secondary N) is 1. The Morgan fingerprint density at radius 3 is 3.05 bits per heavy atom. The highest BCUT2D eigenvalue weighted by molar-refractivity contribution is 5.82. The lowest BCUT2D eigenvalue weighted by atomic mass is 9.99. The summed E-state index contributed by atoms with van der Waals surface area (Å²) in [5, 5.41) is 0. The summed E-state index contributed by atoms with van der Waals surface area (Å²) < 4.78 is 13.2. The Morgan fingerprint density at radius 2 is 2.10 bits per heavy atom. The molecule has 0 aliphatic carbocycles. The molecule has 20 heavy (non-hydrogen) atoms. The Kier molecular flexibility index (Phi) is 2.42. The van der Waals surface area contributed by atoms with Crippen LogP contribution in [0.5, 0.6) is 0 Å². The van der Waals surface area contributed by atoms with Crippen LogP contribution in [0, 0.1) is 5.82 Å². The molecule has 1 N–H and O–H groups in total. The summed E-state index contributed by atoms with van der Waals surface area (Å²) in [5.41, 5.74) is 3.73. The van der Waals surface area contributed by atoms with E-state index in [4.69, 9.17) is 0 Å². The molecule has 0 radical (unpaired) electrons. The van der Waals surface area contributed by atoms with Gasteiger partial charge in [0.25, 0.3) is 0 Å². The van der Waals surface area contributed by atoms with E-state index in [1.54, 1.807) is 12.4 Å². The molecule has 0 saturated carbocycles. The maximum Gasteiger partial charge on any atom is 0.182 e. The molecule has 5 nitrogen and oxygen atoms in total. The average Bonchev–Trinajstić information content (AvgIpc) is 2.95. The topological polar surface area (TPSA) is 57.7 Å². The number of anilines is 1. The minimum absolute atomic E-state index is 0.171. The Balaban J connectivity index is 1.74. The van der Waals surface area contributed by atoms with Crippen LogP contribution in [0.15, 0.2) is 30.9 Å². The lowest BCUT2D eigenvalue weighted by Crippen LogP contribution is -2.31. The fourth-order valence-electron chi connectivity index (χ4n) is 2.69. The molecule has 0 spiro atoms. The first-order valence-electron chi connectivity index (χ1n) is 6.47. The molecule has 4 rings (SSSR count). The maximum atomic E-state index is 13.2. The summed E-state index contributed by atoms with van der Waals surface area (Å²) in [6, 6.07) is 4.98. The van der Waals surface area contributed by atoms with Gasteiger partial charge in [-0.05, 0) is 29.7 Å². The molecule has 0 fully saturated rings. The molecule has 0 amide bonds. The number of nitrogens with zero attached hydrogens (tertiary/aromatic N) is 4. The minimum Gasteiger partial charge on any atom is -0.350 e. The Bertz CT molecular complexity index is 782. The lowest BCUT2D eigenvalue weighted by molar-refractivity contribution is 0.619. The van der Waals surface area contributed by atoms with E-state index < -0.39 is 0 Å². The highest BCUT2D eigenvalue weighted by atomic mass is 19.1. The molecule has 6 heteroatoms. The van der Waals surface area contributed by atoms with Crippen molar-refractivity contribution in [3.05, 3.63) is 47.8 Å². The molecule has 2 aromatic heterocycles. The fourth-order valence-corrected chi connectivity index (χ4v) is 2.69. The van der Waals surface area contributed by atoms with E-state index in [9.17, 15) is 4.39 Å². The van der Waals surface area contributed by atoms with Crippen molar-refractivity contribution >= 4 is 17.0 Å². The minimum atomic E-state index is -0.171. The molecule has 0 atom stereocenters. The van der Waals surface area contributed by atoms with E-state index in [2.05, 4.69) is 24.8 Å². The summed E-state index contributed by atoms with van der Waals surface area (Å²) in [6.45, 7) is 1.53. The smallest absolute Gasteiger partial charge is 0.182 e. The van der Waals surface area contributed by atoms with Crippen LogP contribution in [-0.2, 0) is 13.0 Å². The number of aromatic amines is 1. The predicted octanol–water partition coefficient (Wildman–Crippen LogP) is 2.05. The van der Waals surface area contributed by atoms with Crippen LogP contribution in [-0.4, -0.2) is 26.5 Å². The normalized spacial score (nSPS) is 14.6. The number of rotatable bonds is 1. The first-order valence-corrected chi connectivity index (χ1v) is 6.47. The van der Waals surface area contributed by atoms with Crippen LogP contribution in [0.4, 0.5) is 10.2 Å². The van der Waals surface area contributed by atoms with Crippen molar-refractivity contribution in [2.45, 2.75) is 13.0 Å². The zero-order chi connectivity index (χ0) is 13.5. The van der Waals surface area contributed by atoms with E-state index >= 15 is 0 Å². The summed E-state index contributed by atoms with van der Waals surface area (Å²) in [4.78, 5) is 17.9. The van der Waals surface area contributed by atoms with Crippen molar-refractivity contribution in [3.8, 4) is 0 Å². The van der Waals surface area contributed by atoms with Crippen LogP contribution in [0.2, 0.25) is 0 Å². The predicted molar refractivity (Wildman–Crippen MR) is 72.8 cm³/mol. The highest BCUT2D eigenvalue weighted by Gasteiger charge is 2.20. The third-order valence-electron chi connectivity index (χ3n) is 3.68. The quantitative estimate of drug-likeness (QED) is 0.734. The van der Waals surface area contributed by atoms with Gasteiger partial charge in [0.15, 0.2) is 11.5 Å². The van der Waals surface area contributed by atoms with Gasteiger partial charge in [-0.15, -0.1) is 0 Å². The van der Waals surface area contributed by atoms with E-state index in [1.807, 2.05) is 6.07 Å². The summed E-state index contributed by atoms with van der Waals surface area (Å²) in [6.07, 6.45) is 3.96. The molecular weight excluding hydrogens is 257 g/mol. The van der Waals surface area contributed by atoms with Crippen molar-refractivity contribution in [2.75, 3.05) is 11.4 Å². The van der Waals surface area contributed by atoms with Crippen LogP contribution >= 0.6 is 0 Å². The molecule has 0 bridgehead atoms. The standard InChI is InChI=1S/C14H12FN5/c15-11-2-1-10-6-20(4-3-9(10)5-11)14-12-13(17-7-16-12)18-8-19-14/h1-2,5,7-8H,3-4,6H2,(H,16,17,18,19). The number of hydrogen-bond donors (Lipinski definition) is 1. The maximum absolute atomic E-state index is 13.2. The van der Waals surface area contributed by atoms with Crippen molar-refractivity contribution in [1.82, 2.24) is 19.9 Å². The first kappa shape index (κ1) is 11.3. The molecule has 3 aromatic rings. The second kappa shape index (κ2) is 4.26. The largest absolute Gasteiger partial charge is 0.350 e. The monoisotopic (exact) mass is 269 g/mol. The Labute approximate surface area is 114 Å². The summed E-state index contributed by atoms with van der Waals surface area (Å²) >= 11 is 0. The lowest BCUT2D eigenvalue weighted by Gasteiger charge is -2.29. The van der Waals surface area contributed by atoms with Gasteiger partial charge in [-0.25, -0.2) is 19.3 Å². The van der Waals surface area contributed by atoms with Crippen molar-refractivity contribution in [2.24, 2.45) is 0 Å². The van der Waals surface area contributed by atoms with Crippen molar-refractivity contribution in [3.63, 3.8) is 0 Å². The van der Waals surface area contributed by atoms with Gasteiger partial charge in [0.05, 0.1) is 6.33 Å².